The quantitative estimate of drug-likeness (QED) is 0.734. The molecule has 132 valence electrons. The highest BCUT2D eigenvalue weighted by molar-refractivity contribution is 5.94. The van der Waals surface area contributed by atoms with Crippen LogP contribution in [0, 0.1) is 19.8 Å². The lowest BCUT2D eigenvalue weighted by molar-refractivity contribution is -0.121. The van der Waals surface area contributed by atoms with Crippen LogP contribution >= 0.6 is 0 Å². The third-order valence-corrected chi connectivity index (χ3v) is 4.98. The molecule has 1 aromatic carbocycles. The highest BCUT2D eigenvalue weighted by Crippen LogP contribution is 2.23. The van der Waals surface area contributed by atoms with Crippen LogP contribution in [0.15, 0.2) is 24.3 Å². The van der Waals surface area contributed by atoms with Crippen molar-refractivity contribution in [3.63, 3.8) is 0 Å². The number of hydrogen-bond acceptors (Lipinski definition) is 3. The van der Waals surface area contributed by atoms with E-state index in [4.69, 9.17) is 0 Å². The summed E-state index contributed by atoms with van der Waals surface area (Å²) in [5.74, 6) is 0.574. The zero-order valence-corrected chi connectivity index (χ0v) is 15.7. The second-order valence-electron chi connectivity index (χ2n) is 6.73. The topological polar surface area (TPSA) is 56.0 Å². The average molecular weight is 339 g/mol. The third-order valence-electron chi connectivity index (χ3n) is 4.98. The van der Waals surface area contributed by atoms with Crippen LogP contribution in [0.1, 0.15) is 23.9 Å². The summed E-state index contributed by atoms with van der Waals surface area (Å²) >= 11 is 0. The first-order valence-corrected chi connectivity index (χ1v) is 8.49. The number of fused-ring (bicyclic) bond motifs is 1. The summed E-state index contributed by atoms with van der Waals surface area (Å²) < 4.78 is 3.83. The van der Waals surface area contributed by atoms with Crippen LogP contribution in [0.4, 0.5) is 5.95 Å². The zero-order valence-electron chi connectivity index (χ0n) is 15.7. The Morgan fingerprint density at radius 1 is 1.24 bits per heavy atom. The Hall–Kier alpha value is -2.63. The molecule has 1 amide bonds. The van der Waals surface area contributed by atoms with Gasteiger partial charge in [0, 0.05) is 32.8 Å². The lowest BCUT2D eigenvalue weighted by Gasteiger charge is -2.21. The van der Waals surface area contributed by atoms with Gasteiger partial charge in [-0.15, -0.1) is 0 Å². The number of amides is 1. The van der Waals surface area contributed by atoms with Crippen LogP contribution in [-0.2, 0) is 25.3 Å². The van der Waals surface area contributed by atoms with Crippen LogP contribution in [0.3, 0.4) is 0 Å². The number of para-hydroxylation sites is 2. The molecule has 0 aliphatic rings. The van der Waals surface area contributed by atoms with Crippen molar-refractivity contribution in [1.82, 2.24) is 19.3 Å². The minimum atomic E-state index is -0.147. The van der Waals surface area contributed by atoms with Gasteiger partial charge in [-0.2, -0.15) is 5.10 Å². The van der Waals surface area contributed by atoms with E-state index in [2.05, 4.69) is 10.1 Å². The number of aryl methyl sites for hydroxylation is 3. The number of benzene rings is 1. The maximum Gasteiger partial charge on any atom is 0.232 e. The molecule has 0 radical (unpaired) electrons. The lowest BCUT2D eigenvalue weighted by atomic mass is 9.98. The molecule has 25 heavy (non-hydrogen) atoms. The van der Waals surface area contributed by atoms with Crippen molar-refractivity contribution in [2.24, 2.45) is 20.0 Å². The number of carbonyl (C=O) groups is 1. The van der Waals surface area contributed by atoms with E-state index in [1.165, 1.54) is 0 Å². The number of anilines is 1. The normalized spacial score (nSPS) is 12.6. The first-order chi connectivity index (χ1) is 11.8. The molecular weight excluding hydrogens is 314 g/mol. The van der Waals surface area contributed by atoms with Crippen LogP contribution in [0.5, 0.6) is 0 Å². The maximum absolute atomic E-state index is 13.0. The number of rotatable bonds is 4. The summed E-state index contributed by atoms with van der Waals surface area (Å²) in [4.78, 5) is 19.2. The van der Waals surface area contributed by atoms with Gasteiger partial charge in [0.25, 0.3) is 0 Å². The molecule has 1 unspecified atom stereocenters. The molecule has 3 aromatic rings. The molecule has 0 aliphatic carbocycles. The van der Waals surface area contributed by atoms with Crippen LogP contribution in [-0.4, -0.2) is 32.3 Å². The first-order valence-electron chi connectivity index (χ1n) is 8.49. The molecule has 0 spiro atoms. The Morgan fingerprint density at radius 2 is 1.92 bits per heavy atom. The molecule has 6 heteroatoms. The molecule has 0 fully saturated rings. The van der Waals surface area contributed by atoms with Gasteiger partial charge in [-0.05, 0) is 38.0 Å². The first kappa shape index (κ1) is 17.2. The Bertz CT molecular complexity index is 937. The molecular formula is C19H25N5O. The Balaban J connectivity index is 1.84. The van der Waals surface area contributed by atoms with Gasteiger partial charge in [0.1, 0.15) is 0 Å². The monoisotopic (exact) mass is 339 g/mol. The Labute approximate surface area is 148 Å². The highest BCUT2D eigenvalue weighted by Gasteiger charge is 2.24. The molecule has 2 heterocycles. The molecule has 6 nitrogen and oxygen atoms in total. The standard InChI is InChI=1S/C19H25N5O/c1-12(11-15-13(2)21-24(6)14(15)3)18(25)23(5)19-20-16-9-7-8-10-17(16)22(19)4/h7-10,12H,11H2,1-6H3. The zero-order chi connectivity index (χ0) is 18.3. The largest absolute Gasteiger partial charge is 0.313 e. The van der Waals surface area contributed by atoms with Crippen molar-refractivity contribution >= 4 is 22.9 Å². The smallest absolute Gasteiger partial charge is 0.232 e. The molecule has 0 aliphatic heterocycles. The van der Waals surface area contributed by atoms with E-state index in [0.717, 1.165) is 28.0 Å². The highest BCUT2D eigenvalue weighted by atomic mass is 16.2. The number of imidazole rings is 1. The van der Waals surface area contributed by atoms with Crippen molar-refractivity contribution < 1.29 is 4.79 Å². The van der Waals surface area contributed by atoms with Crippen LogP contribution in [0.2, 0.25) is 0 Å². The second-order valence-corrected chi connectivity index (χ2v) is 6.73. The number of hydrogen-bond donors (Lipinski definition) is 0. The average Bonchev–Trinajstić information content (AvgIpc) is 3.05. The van der Waals surface area contributed by atoms with Gasteiger partial charge in [0.15, 0.2) is 0 Å². The fourth-order valence-corrected chi connectivity index (χ4v) is 3.37. The third kappa shape index (κ3) is 2.92. The van der Waals surface area contributed by atoms with Crippen molar-refractivity contribution in [3.8, 4) is 0 Å². The van der Waals surface area contributed by atoms with Crippen LogP contribution in [0.25, 0.3) is 11.0 Å². The summed E-state index contributed by atoms with van der Waals surface area (Å²) in [6.07, 6.45) is 0.679. The van der Waals surface area contributed by atoms with E-state index in [1.54, 1.807) is 11.9 Å². The summed E-state index contributed by atoms with van der Waals surface area (Å²) in [6.45, 7) is 6.00. The number of aromatic nitrogens is 4. The van der Waals surface area contributed by atoms with E-state index in [0.29, 0.717) is 12.4 Å². The Morgan fingerprint density at radius 3 is 2.52 bits per heavy atom. The van der Waals surface area contributed by atoms with Crippen molar-refractivity contribution in [2.75, 3.05) is 11.9 Å². The van der Waals surface area contributed by atoms with Gasteiger partial charge in [0.05, 0.1) is 16.7 Å². The van der Waals surface area contributed by atoms with E-state index in [1.807, 2.05) is 68.4 Å². The van der Waals surface area contributed by atoms with Gasteiger partial charge in [-0.1, -0.05) is 19.1 Å². The lowest BCUT2D eigenvalue weighted by Crippen LogP contribution is -2.34. The van der Waals surface area contributed by atoms with E-state index in [-0.39, 0.29) is 11.8 Å². The molecule has 0 saturated carbocycles. The molecule has 0 saturated heterocycles. The summed E-state index contributed by atoms with van der Waals surface area (Å²) in [6, 6.07) is 7.91. The molecule has 0 bridgehead atoms. The number of nitrogens with zero attached hydrogens (tertiary/aromatic N) is 5. The van der Waals surface area contributed by atoms with Crippen molar-refractivity contribution in [2.45, 2.75) is 27.2 Å². The van der Waals surface area contributed by atoms with Crippen LogP contribution < -0.4 is 4.90 Å². The second kappa shape index (κ2) is 6.35. The molecule has 3 rings (SSSR count). The van der Waals surface area contributed by atoms with E-state index < -0.39 is 0 Å². The van der Waals surface area contributed by atoms with E-state index in [9.17, 15) is 4.79 Å². The van der Waals surface area contributed by atoms with Gasteiger partial charge < -0.3 is 4.57 Å². The van der Waals surface area contributed by atoms with Gasteiger partial charge in [-0.3, -0.25) is 14.4 Å². The van der Waals surface area contributed by atoms with E-state index >= 15 is 0 Å². The molecule has 1 atom stereocenters. The Kier molecular flexibility index (Phi) is 4.37. The predicted molar refractivity (Wildman–Crippen MR) is 99.7 cm³/mol. The SMILES string of the molecule is Cc1nn(C)c(C)c1CC(C)C(=O)N(C)c1nc2ccccc2n1C. The minimum Gasteiger partial charge on any atom is -0.313 e. The summed E-state index contributed by atoms with van der Waals surface area (Å²) in [5.41, 5.74) is 5.17. The number of carbonyl (C=O) groups excluding carboxylic acids is 1. The van der Waals surface area contributed by atoms with Gasteiger partial charge >= 0.3 is 0 Å². The maximum atomic E-state index is 13.0. The predicted octanol–water partition coefficient (Wildman–Crippen LogP) is 2.77. The van der Waals surface area contributed by atoms with Crippen molar-refractivity contribution in [3.05, 3.63) is 41.2 Å². The molecule has 0 N–H and O–H groups in total. The summed E-state index contributed by atoms with van der Waals surface area (Å²) in [5, 5.41) is 4.44. The molecule has 2 aromatic heterocycles. The fraction of sp³-hybridized carbons (Fsp3) is 0.421. The minimum absolute atomic E-state index is 0.0565. The van der Waals surface area contributed by atoms with Crippen molar-refractivity contribution in [1.29, 1.82) is 0 Å². The fourth-order valence-electron chi connectivity index (χ4n) is 3.37. The van der Waals surface area contributed by atoms with Gasteiger partial charge in [-0.25, -0.2) is 4.98 Å². The van der Waals surface area contributed by atoms with Gasteiger partial charge in [0.2, 0.25) is 11.9 Å². The summed E-state index contributed by atoms with van der Waals surface area (Å²) in [7, 11) is 5.67.